The van der Waals surface area contributed by atoms with Crippen molar-refractivity contribution in [2.24, 2.45) is 17.6 Å². The molecule has 100 valence electrons. The Morgan fingerprint density at radius 2 is 2.33 bits per heavy atom. The first kappa shape index (κ1) is 12.9. The van der Waals surface area contributed by atoms with Crippen molar-refractivity contribution in [2.75, 3.05) is 6.54 Å². The molecule has 0 aromatic carbocycles. The summed E-state index contributed by atoms with van der Waals surface area (Å²) in [7, 11) is 0. The Bertz CT molecular complexity index is 402. The number of nitrogens with two attached hydrogens (primary N) is 1. The number of tetrazole rings is 1. The summed E-state index contributed by atoms with van der Waals surface area (Å²) >= 11 is 0. The zero-order valence-electron chi connectivity index (χ0n) is 10.8. The van der Waals surface area contributed by atoms with Crippen LogP contribution in [0.1, 0.15) is 38.9 Å². The van der Waals surface area contributed by atoms with Gasteiger partial charge in [0.05, 0.1) is 5.54 Å². The second kappa shape index (κ2) is 5.01. The minimum Gasteiger partial charge on any atom is -0.344 e. The molecule has 1 aromatic heterocycles. The lowest BCUT2D eigenvalue weighted by molar-refractivity contribution is -0.127. The van der Waals surface area contributed by atoms with Crippen LogP contribution in [0.5, 0.6) is 0 Å². The van der Waals surface area contributed by atoms with E-state index in [1.54, 1.807) is 0 Å². The third kappa shape index (κ3) is 2.50. The fourth-order valence-corrected chi connectivity index (χ4v) is 2.55. The summed E-state index contributed by atoms with van der Waals surface area (Å²) in [5.41, 5.74) is 5.08. The van der Waals surface area contributed by atoms with Crippen LogP contribution < -0.4 is 11.1 Å². The van der Waals surface area contributed by atoms with E-state index in [0.29, 0.717) is 18.3 Å². The molecule has 0 aliphatic heterocycles. The van der Waals surface area contributed by atoms with Crippen LogP contribution in [-0.4, -0.2) is 33.1 Å². The van der Waals surface area contributed by atoms with Gasteiger partial charge in [-0.3, -0.25) is 4.79 Å². The van der Waals surface area contributed by atoms with E-state index in [0.717, 1.165) is 19.3 Å². The van der Waals surface area contributed by atoms with Gasteiger partial charge in [0, 0.05) is 5.92 Å². The largest absolute Gasteiger partial charge is 0.344 e. The van der Waals surface area contributed by atoms with Crippen LogP contribution in [0.15, 0.2) is 0 Å². The topological polar surface area (TPSA) is 110 Å². The lowest BCUT2D eigenvalue weighted by Gasteiger charge is -2.26. The third-order valence-electron chi connectivity index (χ3n) is 3.64. The first-order valence-electron chi connectivity index (χ1n) is 6.30. The van der Waals surface area contributed by atoms with E-state index in [1.807, 2.05) is 13.8 Å². The third-order valence-corrected chi connectivity index (χ3v) is 3.64. The monoisotopic (exact) mass is 252 g/mol. The van der Waals surface area contributed by atoms with E-state index in [-0.39, 0.29) is 11.8 Å². The Labute approximate surface area is 106 Å². The maximum absolute atomic E-state index is 12.3. The van der Waals surface area contributed by atoms with Crippen molar-refractivity contribution in [3.63, 3.8) is 0 Å². The fraction of sp³-hybridized carbons (Fsp3) is 0.818. The first-order valence-corrected chi connectivity index (χ1v) is 6.30. The quantitative estimate of drug-likeness (QED) is 0.694. The lowest BCUT2D eigenvalue weighted by Crippen LogP contribution is -2.46. The molecule has 1 aliphatic carbocycles. The van der Waals surface area contributed by atoms with Gasteiger partial charge in [0.25, 0.3) is 0 Å². The first-order chi connectivity index (χ1) is 8.54. The molecule has 0 spiro atoms. The predicted molar refractivity (Wildman–Crippen MR) is 65.2 cm³/mol. The molecule has 4 N–H and O–H groups in total. The van der Waals surface area contributed by atoms with E-state index in [4.69, 9.17) is 5.73 Å². The van der Waals surface area contributed by atoms with Crippen molar-refractivity contribution < 1.29 is 4.79 Å². The number of amides is 1. The smallest absolute Gasteiger partial charge is 0.224 e. The van der Waals surface area contributed by atoms with Gasteiger partial charge in [0.1, 0.15) is 0 Å². The van der Waals surface area contributed by atoms with Crippen molar-refractivity contribution in [3.05, 3.63) is 5.82 Å². The van der Waals surface area contributed by atoms with Crippen molar-refractivity contribution in [1.82, 2.24) is 25.9 Å². The number of carbonyl (C=O) groups excluding carboxylic acids is 1. The average Bonchev–Trinajstić information content (AvgIpc) is 2.99. The maximum Gasteiger partial charge on any atom is 0.224 e. The van der Waals surface area contributed by atoms with E-state index in [9.17, 15) is 4.79 Å². The summed E-state index contributed by atoms with van der Waals surface area (Å²) in [6, 6.07) is 0. The number of carbonyl (C=O) groups is 1. The fourth-order valence-electron chi connectivity index (χ4n) is 2.55. The molecule has 0 saturated heterocycles. The molecule has 2 atom stereocenters. The van der Waals surface area contributed by atoms with Gasteiger partial charge < -0.3 is 11.1 Å². The molecular weight excluding hydrogens is 232 g/mol. The van der Waals surface area contributed by atoms with Crippen molar-refractivity contribution in [2.45, 2.75) is 38.6 Å². The molecule has 0 radical (unpaired) electrons. The second-order valence-corrected chi connectivity index (χ2v) is 5.38. The number of hydrogen-bond donors (Lipinski definition) is 3. The van der Waals surface area contributed by atoms with E-state index < -0.39 is 5.54 Å². The zero-order chi connectivity index (χ0) is 13.2. The summed E-state index contributed by atoms with van der Waals surface area (Å²) in [6.07, 6.45) is 3.02. The molecular formula is C11H20N6O. The molecule has 18 heavy (non-hydrogen) atoms. The molecule has 1 aliphatic rings. The highest BCUT2D eigenvalue weighted by molar-refractivity contribution is 5.80. The Morgan fingerprint density at radius 3 is 2.94 bits per heavy atom. The summed E-state index contributed by atoms with van der Waals surface area (Å²) in [5.74, 6) is 0.836. The van der Waals surface area contributed by atoms with Crippen LogP contribution in [0.25, 0.3) is 0 Å². The number of nitrogens with one attached hydrogen (secondary N) is 2. The van der Waals surface area contributed by atoms with Crippen molar-refractivity contribution >= 4 is 5.91 Å². The van der Waals surface area contributed by atoms with Crippen molar-refractivity contribution in [1.29, 1.82) is 0 Å². The zero-order valence-corrected chi connectivity index (χ0v) is 10.8. The summed E-state index contributed by atoms with van der Waals surface area (Å²) < 4.78 is 0. The molecule has 0 unspecified atom stereocenters. The highest BCUT2D eigenvalue weighted by Crippen LogP contribution is 2.31. The van der Waals surface area contributed by atoms with Gasteiger partial charge in [-0.1, -0.05) is 11.6 Å². The lowest BCUT2D eigenvalue weighted by atomic mass is 9.93. The van der Waals surface area contributed by atoms with Crippen LogP contribution in [-0.2, 0) is 10.3 Å². The van der Waals surface area contributed by atoms with E-state index in [2.05, 4.69) is 25.9 Å². The number of aromatic nitrogens is 4. The number of rotatable bonds is 4. The second-order valence-electron chi connectivity index (χ2n) is 5.38. The van der Waals surface area contributed by atoms with Gasteiger partial charge in [0.2, 0.25) is 5.91 Å². The van der Waals surface area contributed by atoms with E-state index in [1.165, 1.54) is 0 Å². The molecule has 1 saturated carbocycles. The highest BCUT2D eigenvalue weighted by Gasteiger charge is 2.36. The Balaban J connectivity index is 2.03. The standard InChI is InChI=1S/C11H20N6O/c1-11(2,10-14-16-17-15-10)13-9(18)8-5-3-4-7(8)6-12/h7-8H,3-6,12H2,1-2H3,(H,13,18)(H,14,15,16,17)/t7-,8-/m1/s1. The van der Waals surface area contributed by atoms with Crippen LogP contribution in [0, 0.1) is 11.8 Å². The minimum absolute atomic E-state index is 0.0150. The number of hydrogen-bond acceptors (Lipinski definition) is 5. The summed E-state index contributed by atoms with van der Waals surface area (Å²) in [4.78, 5) is 12.3. The van der Waals surface area contributed by atoms with E-state index >= 15 is 0 Å². The number of nitrogens with zero attached hydrogens (tertiary/aromatic N) is 3. The Hall–Kier alpha value is -1.50. The number of aromatic amines is 1. The van der Waals surface area contributed by atoms with Gasteiger partial charge >= 0.3 is 0 Å². The van der Waals surface area contributed by atoms with Gasteiger partial charge in [-0.2, -0.15) is 5.21 Å². The summed E-state index contributed by atoms with van der Waals surface area (Å²) in [6.45, 7) is 4.30. The average molecular weight is 252 g/mol. The highest BCUT2D eigenvalue weighted by atomic mass is 16.2. The minimum atomic E-state index is -0.619. The normalized spacial score (nSPS) is 24.2. The molecule has 0 bridgehead atoms. The van der Waals surface area contributed by atoms with Crippen LogP contribution in [0.2, 0.25) is 0 Å². The molecule has 7 heteroatoms. The van der Waals surface area contributed by atoms with Gasteiger partial charge in [-0.15, -0.1) is 10.2 Å². The predicted octanol–water partition coefficient (Wildman–Crippen LogP) is -0.0740. The molecule has 1 amide bonds. The summed E-state index contributed by atoms with van der Waals surface area (Å²) in [5, 5.41) is 16.7. The molecule has 1 fully saturated rings. The van der Waals surface area contributed by atoms with Crippen LogP contribution in [0.3, 0.4) is 0 Å². The number of H-pyrrole nitrogens is 1. The van der Waals surface area contributed by atoms with Crippen LogP contribution in [0.4, 0.5) is 0 Å². The van der Waals surface area contributed by atoms with Gasteiger partial charge in [0.15, 0.2) is 5.82 Å². The van der Waals surface area contributed by atoms with Crippen LogP contribution >= 0.6 is 0 Å². The van der Waals surface area contributed by atoms with Crippen molar-refractivity contribution in [3.8, 4) is 0 Å². The SMILES string of the molecule is CC(C)(NC(=O)[C@@H]1CCC[C@@H]1CN)c1nn[nH]n1. The maximum atomic E-state index is 12.3. The Morgan fingerprint density at radius 1 is 1.56 bits per heavy atom. The van der Waals surface area contributed by atoms with Gasteiger partial charge in [-0.05, 0) is 39.2 Å². The molecule has 1 aromatic rings. The molecule has 7 nitrogen and oxygen atoms in total. The Kier molecular flexibility index (Phi) is 3.60. The molecule has 2 rings (SSSR count). The molecule has 1 heterocycles. The van der Waals surface area contributed by atoms with Gasteiger partial charge in [-0.25, -0.2) is 0 Å².